The Bertz CT molecular complexity index is 252. The minimum absolute atomic E-state index is 0.566. The largest absolute Gasteiger partial charge is 0.496 e. The molecule has 0 spiro atoms. The third-order valence-corrected chi connectivity index (χ3v) is 2.29. The Morgan fingerprint density at radius 1 is 1.25 bits per heavy atom. The molecule has 0 N–H and O–H groups in total. The molecule has 0 atom stereocenters. The van der Waals surface area contributed by atoms with Crippen molar-refractivity contribution in [1.82, 2.24) is 0 Å². The second-order valence-corrected chi connectivity index (χ2v) is 3.15. The van der Waals surface area contributed by atoms with Crippen molar-refractivity contribution in [2.24, 2.45) is 0 Å². The van der Waals surface area contributed by atoms with E-state index >= 15 is 0 Å². The topological polar surface area (TPSA) is 9.23 Å². The third-order valence-electron chi connectivity index (χ3n) is 2.00. The van der Waals surface area contributed by atoms with Crippen molar-refractivity contribution >= 4 is 11.6 Å². The molecule has 1 aromatic carbocycles. The molecule has 0 aliphatic heterocycles. The van der Waals surface area contributed by atoms with E-state index in [2.05, 4.69) is 6.07 Å². The first-order valence-electron chi connectivity index (χ1n) is 3.89. The fourth-order valence-corrected chi connectivity index (χ4v) is 1.50. The molecule has 0 saturated carbocycles. The Labute approximate surface area is 78.3 Å². The zero-order chi connectivity index (χ0) is 9.14. The van der Waals surface area contributed by atoms with Gasteiger partial charge in [0.05, 0.1) is 7.11 Å². The van der Waals surface area contributed by atoms with Crippen LogP contribution in [0.4, 0.5) is 0 Å². The zero-order valence-corrected chi connectivity index (χ0v) is 8.40. The molecular formula is C10H13ClO. The quantitative estimate of drug-likeness (QED) is 0.642. The van der Waals surface area contributed by atoms with Gasteiger partial charge in [-0.1, -0.05) is 6.07 Å². The smallest absolute Gasteiger partial charge is 0.122 e. The second-order valence-electron chi connectivity index (χ2n) is 2.88. The average molecular weight is 185 g/mol. The Hall–Kier alpha value is -0.690. The molecule has 66 valence electrons. The highest BCUT2D eigenvalue weighted by atomic mass is 35.5. The number of ether oxygens (including phenoxy) is 1. The molecule has 0 aliphatic carbocycles. The van der Waals surface area contributed by atoms with Gasteiger partial charge in [0.1, 0.15) is 5.75 Å². The first-order chi connectivity index (χ1) is 5.69. The van der Waals surface area contributed by atoms with Crippen LogP contribution in [-0.2, 0) is 5.88 Å². The van der Waals surface area contributed by atoms with Gasteiger partial charge < -0.3 is 4.74 Å². The summed E-state index contributed by atoms with van der Waals surface area (Å²) in [6.45, 7) is 4.06. The van der Waals surface area contributed by atoms with Crippen LogP contribution < -0.4 is 4.74 Å². The summed E-state index contributed by atoms with van der Waals surface area (Å²) in [7, 11) is 1.68. The lowest BCUT2D eigenvalue weighted by atomic mass is 10.1. The van der Waals surface area contributed by atoms with E-state index in [4.69, 9.17) is 16.3 Å². The summed E-state index contributed by atoms with van der Waals surface area (Å²) in [6.07, 6.45) is 0. The van der Waals surface area contributed by atoms with E-state index in [1.807, 2.05) is 19.9 Å². The predicted molar refractivity (Wildman–Crippen MR) is 52.0 cm³/mol. The number of methoxy groups -OCH3 is 1. The molecule has 1 aromatic rings. The van der Waals surface area contributed by atoms with Crippen molar-refractivity contribution in [3.8, 4) is 5.75 Å². The van der Waals surface area contributed by atoms with Crippen LogP contribution in [0.1, 0.15) is 16.7 Å². The number of hydrogen-bond donors (Lipinski definition) is 0. The normalized spacial score (nSPS) is 10.0. The molecule has 0 radical (unpaired) electrons. The third kappa shape index (κ3) is 1.72. The van der Waals surface area contributed by atoms with Crippen LogP contribution in [0, 0.1) is 13.8 Å². The Morgan fingerprint density at radius 3 is 2.42 bits per heavy atom. The highest BCUT2D eigenvalue weighted by Crippen LogP contribution is 2.23. The van der Waals surface area contributed by atoms with Gasteiger partial charge in [0.2, 0.25) is 0 Å². The number of alkyl halides is 1. The summed E-state index contributed by atoms with van der Waals surface area (Å²) >= 11 is 5.76. The van der Waals surface area contributed by atoms with E-state index < -0.39 is 0 Å². The highest BCUT2D eigenvalue weighted by Gasteiger charge is 2.02. The first-order valence-corrected chi connectivity index (χ1v) is 4.42. The van der Waals surface area contributed by atoms with Crippen LogP contribution >= 0.6 is 11.6 Å². The van der Waals surface area contributed by atoms with Crippen LogP contribution in [-0.4, -0.2) is 7.11 Å². The number of aryl methyl sites for hydroxylation is 2. The molecular weight excluding hydrogens is 172 g/mol. The minimum atomic E-state index is 0.566. The molecule has 0 amide bonds. The van der Waals surface area contributed by atoms with E-state index in [9.17, 15) is 0 Å². The van der Waals surface area contributed by atoms with Crippen LogP contribution in [0.3, 0.4) is 0 Å². The molecule has 0 unspecified atom stereocenters. The lowest BCUT2D eigenvalue weighted by Gasteiger charge is -2.08. The van der Waals surface area contributed by atoms with Gasteiger partial charge in [0.15, 0.2) is 0 Å². The monoisotopic (exact) mass is 184 g/mol. The summed E-state index contributed by atoms with van der Waals surface area (Å²) in [5.41, 5.74) is 3.50. The SMILES string of the molecule is COc1cc(C)c(CCl)cc1C. The molecule has 12 heavy (non-hydrogen) atoms. The van der Waals surface area contributed by atoms with Gasteiger partial charge in [-0.25, -0.2) is 0 Å². The molecule has 0 bridgehead atoms. The second kappa shape index (κ2) is 3.81. The van der Waals surface area contributed by atoms with Crippen LogP contribution in [0.5, 0.6) is 5.75 Å². The standard InChI is InChI=1S/C10H13ClO/c1-7-5-10(12-3)8(2)4-9(7)6-11/h4-5H,6H2,1-3H3. The van der Waals surface area contributed by atoms with Crippen molar-refractivity contribution < 1.29 is 4.74 Å². The minimum Gasteiger partial charge on any atom is -0.496 e. The molecule has 0 saturated heterocycles. The number of halogens is 1. The lowest BCUT2D eigenvalue weighted by molar-refractivity contribution is 0.411. The summed E-state index contributed by atoms with van der Waals surface area (Å²) in [4.78, 5) is 0. The highest BCUT2D eigenvalue weighted by molar-refractivity contribution is 6.17. The summed E-state index contributed by atoms with van der Waals surface area (Å²) in [6, 6.07) is 4.09. The molecule has 0 fully saturated rings. The Morgan fingerprint density at radius 2 is 1.92 bits per heavy atom. The van der Waals surface area contributed by atoms with E-state index in [0.717, 1.165) is 11.3 Å². The van der Waals surface area contributed by atoms with Crippen LogP contribution in [0.2, 0.25) is 0 Å². The number of benzene rings is 1. The van der Waals surface area contributed by atoms with E-state index in [1.165, 1.54) is 11.1 Å². The number of hydrogen-bond acceptors (Lipinski definition) is 1. The van der Waals surface area contributed by atoms with E-state index in [0.29, 0.717) is 5.88 Å². The molecule has 1 rings (SSSR count). The molecule has 0 aromatic heterocycles. The van der Waals surface area contributed by atoms with Gasteiger partial charge in [0, 0.05) is 5.88 Å². The predicted octanol–water partition coefficient (Wildman–Crippen LogP) is 3.05. The number of rotatable bonds is 2. The van der Waals surface area contributed by atoms with Crippen LogP contribution in [0.15, 0.2) is 12.1 Å². The van der Waals surface area contributed by atoms with Crippen molar-refractivity contribution in [1.29, 1.82) is 0 Å². The zero-order valence-electron chi connectivity index (χ0n) is 7.65. The van der Waals surface area contributed by atoms with Crippen molar-refractivity contribution in [3.05, 3.63) is 28.8 Å². The average Bonchev–Trinajstić information content (AvgIpc) is 2.08. The maximum Gasteiger partial charge on any atom is 0.122 e. The Kier molecular flexibility index (Phi) is 2.99. The summed E-state index contributed by atoms with van der Waals surface area (Å²) < 4.78 is 5.18. The lowest BCUT2D eigenvalue weighted by Crippen LogP contribution is -1.92. The van der Waals surface area contributed by atoms with Gasteiger partial charge in [-0.2, -0.15) is 0 Å². The molecule has 0 aliphatic rings. The maximum atomic E-state index is 5.76. The van der Waals surface area contributed by atoms with Gasteiger partial charge in [-0.3, -0.25) is 0 Å². The maximum absolute atomic E-state index is 5.76. The van der Waals surface area contributed by atoms with Crippen molar-refractivity contribution in [2.45, 2.75) is 19.7 Å². The van der Waals surface area contributed by atoms with E-state index in [1.54, 1.807) is 7.11 Å². The van der Waals surface area contributed by atoms with E-state index in [-0.39, 0.29) is 0 Å². The summed E-state index contributed by atoms with van der Waals surface area (Å²) in [5, 5.41) is 0. The molecule has 2 heteroatoms. The Balaban J connectivity index is 3.16. The van der Waals surface area contributed by atoms with Crippen molar-refractivity contribution in [3.63, 3.8) is 0 Å². The fourth-order valence-electron chi connectivity index (χ4n) is 1.21. The van der Waals surface area contributed by atoms with Gasteiger partial charge in [-0.15, -0.1) is 11.6 Å². The van der Waals surface area contributed by atoms with Gasteiger partial charge in [-0.05, 0) is 36.6 Å². The first kappa shape index (κ1) is 9.40. The van der Waals surface area contributed by atoms with Crippen LogP contribution in [0.25, 0.3) is 0 Å². The molecule has 1 nitrogen and oxygen atoms in total. The molecule has 0 heterocycles. The van der Waals surface area contributed by atoms with Gasteiger partial charge in [0.25, 0.3) is 0 Å². The van der Waals surface area contributed by atoms with Crippen molar-refractivity contribution in [2.75, 3.05) is 7.11 Å². The fraction of sp³-hybridized carbons (Fsp3) is 0.400. The van der Waals surface area contributed by atoms with Gasteiger partial charge >= 0.3 is 0 Å². The summed E-state index contributed by atoms with van der Waals surface area (Å²) in [5.74, 6) is 1.50.